The van der Waals surface area contributed by atoms with E-state index >= 15 is 0 Å². The standard InChI is InChI=1S/C10H19NO3/c1-4-5-11(6-7-12)8-10(2,3)9(13)14/h4,12H,1,5-8H2,2-3H3,(H,13,14). The van der Waals surface area contributed by atoms with Crippen LogP contribution in [0.2, 0.25) is 0 Å². The van der Waals surface area contributed by atoms with E-state index in [9.17, 15) is 4.79 Å². The number of carboxylic acid groups (broad SMARTS) is 1. The van der Waals surface area contributed by atoms with Crippen LogP contribution in [0.15, 0.2) is 12.7 Å². The highest BCUT2D eigenvalue weighted by atomic mass is 16.4. The van der Waals surface area contributed by atoms with Crippen molar-refractivity contribution in [1.82, 2.24) is 4.90 Å². The van der Waals surface area contributed by atoms with Crippen LogP contribution in [-0.4, -0.2) is 47.3 Å². The molecule has 0 unspecified atom stereocenters. The van der Waals surface area contributed by atoms with E-state index in [1.54, 1.807) is 19.9 Å². The number of aliphatic hydroxyl groups is 1. The zero-order valence-corrected chi connectivity index (χ0v) is 8.86. The second kappa shape index (κ2) is 5.78. The summed E-state index contributed by atoms with van der Waals surface area (Å²) in [5.41, 5.74) is -0.793. The van der Waals surface area contributed by atoms with Gasteiger partial charge in [0.1, 0.15) is 0 Å². The van der Waals surface area contributed by atoms with Crippen LogP contribution in [0.4, 0.5) is 0 Å². The Balaban J connectivity index is 4.26. The van der Waals surface area contributed by atoms with Crippen molar-refractivity contribution >= 4 is 5.97 Å². The molecular weight excluding hydrogens is 182 g/mol. The second-order valence-corrected chi connectivity index (χ2v) is 3.94. The fourth-order valence-electron chi connectivity index (χ4n) is 1.19. The van der Waals surface area contributed by atoms with Crippen molar-refractivity contribution in [3.05, 3.63) is 12.7 Å². The lowest BCUT2D eigenvalue weighted by molar-refractivity contribution is -0.148. The molecular formula is C10H19NO3. The van der Waals surface area contributed by atoms with E-state index in [-0.39, 0.29) is 6.61 Å². The number of carboxylic acids is 1. The smallest absolute Gasteiger partial charge is 0.310 e. The number of aliphatic carboxylic acids is 1. The van der Waals surface area contributed by atoms with Gasteiger partial charge in [-0.1, -0.05) is 6.08 Å². The molecule has 0 heterocycles. The van der Waals surface area contributed by atoms with Gasteiger partial charge in [-0.2, -0.15) is 0 Å². The summed E-state index contributed by atoms with van der Waals surface area (Å²) in [6.45, 7) is 8.44. The lowest BCUT2D eigenvalue weighted by Crippen LogP contribution is -2.40. The van der Waals surface area contributed by atoms with E-state index < -0.39 is 11.4 Å². The molecule has 0 aliphatic carbocycles. The van der Waals surface area contributed by atoms with Crippen LogP contribution in [0.5, 0.6) is 0 Å². The molecule has 82 valence electrons. The van der Waals surface area contributed by atoms with Crippen molar-refractivity contribution in [1.29, 1.82) is 0 Å². The predicted molar refractivity (Wildman–Crippen MR) is 55.1 cm³/mol. The summed E-state index contributed by atoms with van der Waals surface area (Å²) in [6.07, 6.45) is 1.70. The minimum Gasteiger partial charge on any atom is -0.481 e. The highest BCUT2D eigenvalue weighted by Gasteiger charge is 2.29. The van der Waals surface area contributed by atoms with Gasteiger partial charge >= 0.3 is 5.97 Å². The van der Waals surface area contributed by atoms with E-state index in [1.165, 1.54) is 0 Å². The first kappa shape index (κ1) is 13.1. The van der Waals surface area contributed by atoms with Crippen molar-refractivity contribution in [2.24, 2.45) is 5.41 Å². The van der Waals surface area contributed by atoms with Gasteiger partial charge in [0.05, 0.1) is 12.0 Å². The maximum Gasteiger partial charge on any atom is 0.310 e. The summed E-state index contributed by atoms with van der Waals surface area (Å²) in [5, 5.41) is 17.7. The third-order valence-electron chi connectivity index (χ3n) is 2.00. The van der Waals surface area contributed by atoms with Crippen molar-refractivity contribution in [2.75, 3.05) is 26.2 Å². The number of hydrogen-bond donors (Lipinski definition) is 2. The number of carbonyl (C=O) groups is 1. The third kappa shape index (κ3) is 4.39. The molecule has 0 amide bonds. The molecule has 0 atom stereocenters. The zero-order valence-electron chi connectivity index (χ0n) is 8.86. The van der Waals surface area contributed by atoms with Gasteiger partial charge in [0.25, 0.3) is 0 Å². The van der Waals surface area contributed by atoms with Crippen molar-refractivity contribution in [2.45, 2.75) is 13.8 Å². The zero-order chi connectivity index (χ0) is 11.2. The van der Waals surface area contributed by atoms with E-state index in [2.05, 4.69) is 6.58 Å². The Morgan fingerprint density at radius 1 is 1.57 bits per heavy atom. The Labute approximate surface area is 84.8 Å². The van der Waals surface area contributed by atoms with Gasteiger partial charge in [-0.05, 0) is 13.8 Å². The third-order valence-corrected chi connectivity index (χ3v) is 2.00. The molecule has 0 saturated carbocycles. The number of aliphatic hydroxyl groups excluding tert-OH is 1. The summed E-state index contributed by atoms with van der Waals surface area (Å²) in [7, 11) is 0. The first-order chi connectivity index (χ1) is 6.44. The SMILES string of the molecule is C=CCN(CCO)CC(C)(C)C(=O)O. The number of rotatable bonds is 7. The molecule has 0 aromatic rings. The fraction of sp³-hybridized carbons (Fsp3) is 0.700. The van der Waals surface area contributed by atoms with Crippen LogP contribution >= 0.6 is 0 Å². The number of nitrogens with zero attached hydrogens (tertiary/aromatic N) is 1. The minimum absolute atomic E-state index is 0.0313. The summed E-state index contributed by atoms with van der Waals surface area (Å²) >= 11 is 0. The lowest BCUT2D eigenvalue weighted by Gasteiger charge is -2.28. The Morgan fingerprint density at radius 3 is 2.50 bits per heavy atom. The Bertz CT molecular complexity index is 202. The van der Waals surface area contributed by atoms with E-state index in [4.69, 9.17) is 10.2 Å². The maximum atomic E-state index is 10.9. The van der Waals surface area contributed by atoms with E-state index in [0.717, 1.165) is 0 Å². The topological polar surface area (TPSA) is 60.8 Å². The van der Waals surface area contributed by atoms with Gasteiger partial charge in [-0.15, -0.1) is 6.58 Å². The molecule has 2 N–H and O–H groups in total. The van der Waals surface area contributed by atoms with E-state index in [0.29, 0.717) is 19.6 Å². The molecule has 0 fully saturated rings. The van der Waals surface area contributed by atoms with Crippen LogP contribution in [-0.2, 0) is 4.79 Å². The first-order valence-electron chi connectivity index (χ1n) is 4.61. The highest BCUT2D eigenvalue weighted by Crippen LogP contribution is 2.16. The van der Waals surface area contributed by atoms with Gasteiger partial charge in [0.15, 0.2) is 0 Å². The lowest BCUT2D eigenvalue weighted by atomic mass is 9.93. The summed E-state index contributed by atoms with van der Waals surface area (Å²) in [6, 6.07) is 0. The molecule has 4 heteroatoms. The molecule has 0 aromatic carbocycles. The summed E-state index contributed by atoms with van der Waals surface area (Å²) in [4.78, 5) is 12.7. The van der Waals surface area contributed by atoms with Crippen molar-refractivity contribution in [3.8, 4) is 0 Å². The largest absolute Gasteiger partial charge is 0.481 e. The molecule has 0 saturated heterocycles. The summed E-state index contributed by atoms with van der Waals surface area (Å²) in [5.74, 6) is -0.829. The van der Waals surface area contributed by atoms with Crippen molar-refractivity contribution < 1.29 is 15.0 Å². The first-order valence-corrected chi connectivity index (χ1v) is 4.61. The maximum absolute atomic E-state index is 10.9. The molecule has 0 spiro atoms. The van der Waals surface area contributed by atoms with Gasteiger partial charge in [-0.3, -0.25) is 9.69 Å². The molecule has 14 heavy (non-hydrogen) atoms. The average Bonchev–Trinajstić information content (AvgIpc) is 2.04. The summed E-state index contributed by atoms with van der Waals surface area (Å²) < 4.78 is 0. The van der Waals surface area contributed by atoms with Crippen LogP contribution < -0.4 is 0 Å². The van der Waals surface area contributed by atoms with Crippen LogP contribution in [0.1, 0.15) is 13.8 Å². The highest BCUT2D eigenvalue weighted by molar-refractivity contribution is 5.73. The predicted octanol–water partition coefficient (Wildman–Crippen LogP) is 0.577. The van der Waals surface area contributed by atoms with Crippen LogP contribution in [0, 0.1) is 5.41 Å². The van der Waals surface area contributed by atoms with E-state index in [1.807, 2.05) is 4.90 Å². The molecule has 0 rings (SSSR count). The normalized spacial score (nSPS) is 11.7. The van der Waals surface area contributed by atoms with Crippen LogP contribution in [0.3, 0.4) is 0 Å². The Kier molecular flexibility index (Phi) is 5.42. The van der Waals surface area contributed by atoms with Gasteiger partial charge in [0, 0.05) is 19.6 Å². The van der Waals surface area contributed by atoms with Gasteiger partial charge in [0.2, 0.25) is 0 Å². The Morgan fingerprint density at radius 2 is 2.14 bits per heavy atom. The monoisotopic (exact) mass is 201 g/mol. The van der Waals surface area contributed by atoms with Crippen molar-refractivity contribution in [3.63, 3.8) is 0 Å². The van der Waals surface area contributed by atoms with Gasteiger partial charge in [-0.25, -0.2) is 0 Å². The minimum atomic E-state index is -0.829. The Hall–Kier alpha value is -0.870. The quantitative estimate of drug-likeness (QED) is 0.591. The fourth-order valence-corrected chi connectivity index (χ4v) is 1.19. The molecule has 0 aliphatic rings. The van der Waals surface area contributed by atoms with Gasteiger partial charge < -0.3 is 10.2 Å². The van der Waals surface area contributed by atoms with Crippen LogP contribution in [0.25, 0.3) is 0 Å². The molecule has 0 aliphatic heterocycles. The number of hydrogen-bond acceptors (Lipinski definition) is 3. The molecule has 0 bridgehead atoms. The molecule has 4 nitrogen and oxygen atoms in total. The molecule has 0 radical (unpaired) electrons. The second-order valence-electron chi connectivity index (χ2n) is 3.94. The average molecular weight is 201 g/mol. The molecule has 0 aromatic heterocycles.